The zero-order valence-corrected chi connectivity index (χ0v) is 12.5. The lowest BCUT2D eigenvalue weighted by atomic mass is 9.98. The van der Waals surface area contributed by atoms with E-state index in [0.717, 1.165) is 12.0 Å². The molecule has 0 heterocycles. The third kappa shape index (κ3) is 3.31. The van der Waals surface area contributed by atoms with Crippen molar-refractivity contribution in [1.29, 1.82) is 0 Å². The number of esters is 1. The van der Waals surface area contributed by atoms with Crippen LogP contribution in [0.5, 0.6) is 5.75 Å². The number of nitro groups is 1. The first-order chi connectivity index (χ1) is 10.5. The maximum absolute atomic E-state index is 12.3. The van der Waals surface area contributed by atoms with Crippen LogP contribution < -0.4 is 4.74 Å². The third-order valence-corrected chi connectivity index (χ3v) is 3.59. The van der Waals surface area contributed by atoms with Gasteiger partial charge in [-0.1, -0.05) is 44.2 Å². The van der Waals surface area contributed by atoms with Crippen LogP contribution in [0.1, 0.15) is 42.1 Å². The zero-order chi connectivity index (χ0) is 16.1. The average molecular weight is 299 g/mol. The molecular weight excluding hydrogens is 282 g/mol. The number of para-hydroxylation sites is 2. The monoisotopic (exact) mass is 299 g/mol. The van der Waals surface area contributed by atoms with E-state index in [1.807, 2.05) is 26.0 Å². The molecule has 2 aromatic rings. The van der Waals surface area contributed by atoms with E-state index in [0.29, 0.717) is 5.75 Å². The van der Waals surface area contributed by atoms with Gasteiger partial charge in [-0.25, -0.2) is 4.79 Å². The van der Waals surface area contributed by atoms with Crippen LogP contribution in [-0.2, 0) is 0 Å². The number of carbonyl (C=O) groups is 1. The van der Waals surface area contributed by atoms with Gasteiger partial charge in [-0.2, -0.15) is 0 Å². The summed E-state index contributed by atoms with van der Waals surface area (Å²) in [5.41, 5.74) is 0.608. The molecule has 0 aliphatic heterocycles. The van der Waals surface area contributed by atoms with E-state index in [-0.39, 0.29) is 17.2 Å². The number of benzene rings is 2. The second kappa shape index (κ2) is 6.85. The quantitative estimate of drug-likeness (QED) is 0.356. The Balaban J connectivity index is 2.33. The SMILES string of the molecule is CCC(C)c1ccccc1OC(=O)c1ccccc1[N+](=O)[O-]. The minimum atomic E-state index is -0.719. The van der Waals surface area contributed by atoms with Crippen LogP contribution in [0.2, 0.25) is 0 Å². The third-order valence-electron chi connectivity index (χ3n) is 3.59. The summed E-state index contributed by atoms with van der Waals surface area (Å²) in [7, 11) is 0. The van der Waals surface area contributed by atoms with Gasteiger partial charge in [0.25, 0.3) is 5.69 Å². The highest BCUT2D eigenvalue weighted by Crippen LogP contribution is 2.29. The van der Waals surface area contributed by atoms with Crippen molar-refractivity contribution in [2.75, 3.05) is 0 Å². The zero-order valence-electron chi connectivity index (χ0n) is 12.5. The Bertz CT molecular complexity index is 697. The maximum Gasteiger partial charge on any atom is 0.350 e. The molecule has 5 heteroatoms. The van der Waals surface area contributed by atoms with Crippen LogP contribution in [0.15, 0.2) is 48.5 Å². The normalized spacial score (nSPS) is 11.7. The van der Waals surface area contributed by atoms with E-state index in [4.69, 9.17) is 4.74 Å². The summed E-state index contributed by atoms with van der Waals surface area (Å²) in [5.74, 6) is -0.0437. The van der Waals surface area contributed by atoms with Crippen LogP contribution in [0.25, 0.3) is 0 Å². The van der Waals surface area contributed by atoms with Crippen LogP contribution in [0, 0.1) is 10.1 Å². The fraction of sp³-hybridized carbons (Fsp3) is 0.235. The Kier molecular flexibility index (Phi) is 4.88. The van der Waals surface area contributed by atoms with Gasteiger partial charge in [0.2, 0.25) is 0 Å². The highest BCUT2D eigenvalue weighted by Gasteiger charge is 2.22. The van der Waals surface area contributed by atoms with Crippen molar-refractivity contribution in [3.63, 3.8) is 0 Å². The Morgan fingerprint density at radius 3 is 2.50 bits per heavy atom. The Labute approximate surface area is 128 Å². The number of rotatable bonds is 5. The fourth-order valence-electron chi connectivity index (χ4n) is 2.16. The average Bonchev–Trinajstić information content (AvgIpc) is 2.54. The van der Waals surface area contributed by atoms with Gasteiger partial charge in [0, 0.05) is 6.07 Å². The summed E-state index contributed by atoms with van der Waals surface area (Å²) in [5, 5.41) is 11.0. The van der Waals surface area contributed by atoms with E-state index >= 15 is 0 Å². The molecule has 0 bridgehead atoms. The lowest BCUT2D eigenvalue weighted by Gasteiger charge is -2.14. The Hall–Kier alpha value is -2.69. The van der Waals surface area contributed by atoms with Gasteiger partial charge < -0.3 is 4.74 Å². The van der Waals surface area contributed by atoms with Crippen molar-refractivity contribution in [1.82, 2.24) is 0 Å². The van der Waals surface area contributed by atoms with E-state index in [9.17, 15) is 14.9 Å². The highest BCUT2D eigenvalue weighted by molar-refractivity contribution is 5.95. The number of nitrogens with zero attached hydrogens (tertiary/aromatic N) is 1. The van der Waals surface area contributed by atoms with E-state index in [1.165, 1.54) is 18.2 Å². The van der Waals surface area contributed by atoms with Crippen molar-refractivity contribution in [3.05, 3.63) is 69.8 Å². The summed E-state index contributed by atoms with van der Waals surface area (Å²) in [4.78, 5) is 22.7. The number of ether oxygens (including phenoxy) is 1. The molecule has 1 unspecified atom stereocenters. The maximum atomic E-state index is 12.3. The van der Waals surface area contributed by atoms with Gasteiger partial charge in [-0.05, 0) is 30.0 Å². The molecule has 0 saturated heterocycles. The molecule has 0 radical (unpaired) electrons. The lowest BCUT2D eigenvalue weighted by Crippen LogP contribution is -2.12. The van der Waals surface area contributed by atoms with Crippen LogP contribution in [0.3, 0.4) is 0 Å². The van der Waals surface area contributed by atoms with Gasteiger partial charge in [-0.3, -0.25) is 10.1 Å². The largest absolute Gasteiger partial charge is 0.422 e. The molecule has 0 aromatic heterocycles. The molecule has 0 amide bonds. The molecular formula is C17H17NO4. The molecule has 2 rings (SSSR count). The lowest BCUT2D eigenvalue weighted by molar-refractivity contribution is -0.385. The second-order valence-electron chi connectivity index (χ2n) is 5.01. The van der Waals surface area contributed by atoms with Crippen LogP contribution >= 0.6 is 0 Å². The molecule has 114 valence electrons. The molecule has 0 aliphatic rings. The minimum Gasteiger partial charge on any atom is -0.422 e. The van der Waals surface area contributed by atoms with E-state index in [1.54, 1.807) is 18.2 Å². The summed E-state index contributed by atoms with van der Waals surface area (Å²) in [6.07, 6.45) is 0.903. The standard InChI is InChI=1S/C17H17NO4/c1-3-12(2)13-8-5-7-11-16(13)22-17(19)14-9-4-6-10-15(14)18(20)21/h4-12H,3H2,1-2H3. The number of nitro benzene ring substituents is 1. The van der Waals surface area contributed by atoms with E-state index < -0.39 is 10.9 Å². The highest BCUT2D eigenvalue weighted by atomic mass is 16.6. The summed E-state index contributed by atoms with van der Waals surface area (Å²) < 4.78 is 5.40. The van der Waals surface area contributed by atoms with Crippen molar-refractivity contribution < 1.29 is 14.5 Å². The molecule has 0 spiro atoms. The molecule has 5 nitrogen and oxygen atoms in total. The summed E-state index contributed by atoms with van der Waals surface area (Å²) in [6, 6.07) is 13.0. The number of carbonyl (C=O) groups excluding carboxylic acids is 1. The first-order valence-corrected chi connectivity index (χ1v) is 7.09. The molecule has 0 saturated carbocycles. The molecule has 1 atom stereocenters. The Morgan fingerprint density at radius 2 is 1.82 bits per heavy atom. The van der Waals surface area contributed by atoms with E-state index in [2.05, 4.69) is 0 Å². The van der Waals surface area contributed by atoms with Crippen LogP contribution in [0.4, 0.5) is 5.69 Å². The summed E-state index contributed by atoms with van der Waals surface area (Å²) in [6.45, 7) is 4.09. The first kappa shape index (κ1) is 15.7. The second-order valence-corrected chi connectivity index (χ2v) is 5.01. The van der Waals surface area contributed by atoms with Gasteiger partial charge in [0.05, 0.1) is 4.92 Å². The van der Waals surface area contributed by atoms with Crippen molar-refractivity contribution in [3.8, 4) is 5.75 Å². The molecule has 0 aliphatic carbocycles. The van der Waals surface area contributed by atoms with Crippen molar-refractivity contribution >= 4 is 11.7 Å². The predicted octanol–water partition coefficient (Wildman–Crippen LogP) is 4.33. The minimum absolute atomic E-state index is 0.0496. The summed E-state index contributed by atoms with van der Waals surface area (Å²) >= 11 is 0. The molecule has 0 N–H and O–H groups in total. The van der Waals surface area contributed by atoms with Gasteiger partial charge in [0.1, 0.15) is 11.3 Å². The van der Waals surface area contributed by atoms with Gasteiger partial charge in [-0.15, -0.1) is 0 Å². The smallest absolute Gasteiger partial charge is 0.350 e. The first-order valence-electron chi connectivity index (χ1n) is 7.09. The predicted molar refractivity (Wildman–Crippen MR) is 83.2 cm³/mol. The fourth-order valence-corrected chi connectivity index (χ4v) is 2.16. The topological polar surface area (TPSA) is 69.4 Å². The molecule has 0 fully saturated rings. The molecule has 22 heavy (non-hydrogen) atoms. The molecule has 2 aromatic carbocycles. The number of hydrogen-bond donors (Lipinski definition) is 0. The Morgan fingerprint density at radius 1 is 1.18 bits per heavy atom. The van der Waals surface area contributed by atoms with Gasteiger partial charge in [0.15, 0.2) is 0 Å². The van der Waals surface area contributed by atoms with Gasteiger partial charge >= 0.3 is 5.97 Å². The van der Waals surface area contributed by atoms with Crippen LogP contribution in [-0.4, -0.2) is 10.9 Å². The number of hydrogen-bond acceptors (Lipinski definition) is 4. The van der Waals surface area contributed by atoms with Crippen molar-refractivity contribution in [2.24, 2.45) is 0 Å². The van der Waals surface area contributed by atoms with Crippen molar-refractivity contribution in [2.45, 2.75) is 26.2 Å².